The van der Waals surface area contributed by atoms with E-state index < -0.39 is 10.8 Å². The lowest BCUT2D eigenvalue weighted by Gasteiger charge is -2.20. The van der Waals surface area contributed by atoms with Crippen LogP contribution in [-0.2, 0) is 0 Å². The Morgan fingerprint density at radius 3 is 2.60 bits per heavy atom. The Morgan fingerprint density at radius 2 is 1.93 bits per heavy atom. The van der Waals surface area contributed by atoms with E-state index in [0.29, 0.717) is 11.3 Å². The predicted octanol–water partition coefficient (Wildman–Crippen LogP) is 3.60. The van der Waals surface area contributed by atoms with Gasteiger partial charge in [0.1, 0.15) is 5.69 Å². The van der Waals surface area contributed by atoms with Gasteiger partial charge >= 0.3 is 0 Å². The first-order chi connectivity index (χ1) is 14.5. The number of aromatic nitrogens is 2. The van der Waals surface area contributed by atoms with Crippen molar-refractivity contribution in [2.45, 2.75) is 13.8 Å². The fourth-order valence-electron chi connectivity index (χ4n) is 2.95. The molecule has 0 spiro atoms. The molecule has 30 heavy (non-hydrogen) atoms. The van der Waals surface area contributed by atoms with Crippen LogP contribution in [0.4, 0.5) is 11.4 Å². The third kappa shape index (κ3) is 4.88. The summed E-state index contributed by atoms with van der Waals surface area (Å²) < 4.78 is 0. The maximum absolute atomic E-state index is 12.3. The summed E-state index contributed by atoms with van der Waals surface area (Å²) in [5.74, 6) is -0.463. The van der Waals surface area contributed by atoms with Gasteiger partial charge in [-0.3, -0.25) is 20.0 Å². The lowest BCUT2D eigenvalue weighted by atomic mass is 10.1. The molecule has 1 amide bonds. The number of benzene rings is 2. The Balaban J connectivity index is 1.63. The van der Waals surface area contributed by atoms with Gasteiger partial charge in [0.15, 0.2) is 0 Å². The minimum Gasteiger partial charge on any atom is -0.372 e. The average molecular weight is 406 g/mol. The van der Waals surface area contributed by atoms with Crippen molar-refractivity contribution in [3.8, 4) is 11.3 Å². The van der Waals surface area contributed by atoms with Gasteiger partial charge in [0.05, 0.1) is 16.8 Å². The molecule has 0 saturated carbocycles. The number of anilines is 1. The molecule has 2 aromatic carbocycles. The third-order valence-electron chi connectivity index (χ3n) is 4.58. The highest BCUT2D eigenvalue weighted by Crippen LogP contribution is 2.22. The van der Waals surface area contributed by atoms with Crippen LogP contribution in [-0.4, -0.2) is 40.3 Å². The lowest BCUT2D eigenvalue weighted by Crippen LogP contribution is -2.21. The summed E-state index contributed by atoms with van der Waals surface area (Å²) in [6, 6.07) is 15.4. The Morgan fingerprint density at radius 1 is 1.20 bits per heavy atom. The lowest BCUT2D eigenvalue weighted by molar-refractivity contribution is -0.384. The second-order valence-electron chi connectivity index (χ2n) is 6.44. The largest absolute Gasteiger partial charge is 0.372 e. The minimum absolute atomic E-state index is 0.0434. The van der Waals surface area contributed by atoms with Crippen molar-refractivity contribution in [3.05, 3.63) is 76.0 Å². The van der Waals surface area contributed by atoms with Crippen LogP contribution in [0.1, 0.15) is 29.9 Å². The van der Waals surface area contributed by atoms with E-state index in [1.165, 1.54) is 18.2 Å². The molecular weight excluding hydrogens is 384 g/mol. The van der Waals surface area contributed by atoms with Gasteiger partial charge in [0, 0.05) is 36.5 Å². The number of nitrogens with one attached hydrogen (secondary N) is 2. The summed E-state index contributed by atoms with van der Waals surface area (Å²) in [7, 11) is 0. The van der Waals surface area contributed by atoms with Gasteiger partial charge in [-0.15, -0.1) is 0 Å². The van der Waals surface area contributed by atoms with Gasteiger partial charge in [0.2, 0.25) is 0 Å². The highest BCUT2D eigenvalue weighted by Gasteiger charge is 2.13. The Kier molecular flexibility index (Phi) is 6.53. The quantitative estimate of drug-likeness (QED) is 0.337. The molecule has 0 bridgehead atoms. The van der Waals surface area contributed by atoms with Gasteiger partial charge in [-0.25, -0.2) is 5.43 Å². The zero-order chi connectivity index (χ0) is 21.5. The van der Waals surface area contributed by atoms with Gasteiger partial charge < -0.3 is 4.90 Å². The molecule has 3 rings (SSSR count). The summed E-state index contributed by atoms with van der Waals surface area (Å²) in [5.41, 5.74) is 5.55. The second kappa shape index (κ2) is 9.46. The summed E-state index contributed by atoms with van der Waals surface area (Å²) in [4.78, 5) is 24.9. The molecule has 0 aliphatic heterocycles. The molecule has 9 heteroatoms. The first kappa shape index (κ1) is 20.7. The number of hydrazone groups is 1. The predicted molar refractivity (Wildman–Crippen MR) is 116 cm³/mol. The SMILES string of the molecule is CCN(CC)c1ccc(C=NNC(=O)c2cc(-c3cccc([N+](=O)[O-])c3)n[nH]2)cc1. The van der Waals surface area contributed by atoms with Crippen LogP contribution in [0, 0.1) is 10.1 Å². The first-order valence-electron chi connectivity index (χ1n) is 9.50. The number of non-ortho nitro benzene ring substituents is 1. The number of H-pyrrole nitrogens is 1. The first-order valence-corrected chi connectivity index (χ1v) is 9.50. The zero-order valence-electron chi connectivity index (χ0n) is 16.7. The third-order valence-corrected chi connectivity index (χ3v) is 4.58. The van der Waals surface area contributed by atoms with Crippen LogP contribution in [0.15, 0.2) is 59.7 Å². The van der Waals surface area contributed by atoms with Crippen LogP contribution < -0.4 is 10.3 Å². The Bertz CT molecular complexity index is 1050. The van der Waals surface area contributed by atoms with Gasteiger partial charge in [-0.05, 0) is 37.6 Å². The van der Waals surface area contributed by atoms with E-state index in [4.69, 9.17) is 0 Å². The molecule has 0 aliphatic carbocycles. The fraction of sp³-hybridized carbons (Fsp3) is 0.190. The number of amides is 1. The number of nitro benzene ring substituents is 1. The Hall–Kier alpha value is -4.01. The highest BCUT2D eigenvalue weighted by atomic mass is 16.6. The molecule has 1 heterocycles. The van der Waals surface area contributed by atoms with Crippen molar-refractivity contribution >= 4 is 23.5 Å². The molecule has 0 atom stereocenters. The molecular formula is C21H22N6O3. The monoisotopic (exact) mass is 406 g/mol. The van der Waals surface area contributed by atoms with Crippen LogP contribution in [0.5, 0.6) is 0 Å². The van der Waals surface area contributed by atoms with Crippen molar-refractivity contribution in [3.63, 3.8) is 0 Å². The van der Waals surface area contributed by atoms with Crippen molar-refractivity contribution in [1.29, 1.82) is 0 Å². The van der Waals surface area contributed by atoms with E-state index in [-0.39, 0.29) is 11.4 Å². The highest BCUT2D eigenvalue weighted by molar-refractivity contribution is 5.94. The van der Waals surface area contributed by atoms with E-state index >= 15 is 0 Å². The molecule has 0 radical (unpaired) electrons. The molecule has 3 aromatic rings. The average Bonchev–Trinajstić information content (AvgIpc) is 3.26. The molecule has 154 valence electrons. The molecule has 1 aromatic heterocycles. The van der Waals surface area contributed by atoms with Gasteiger partial charge in [0.25, 0.3) is 11.6 Å². The molecule has 0 aliphatic rings. The Labute approximate surface area is 173 Å². The molecule has 0 saturated heterocycles. The molecule has 9 nitrogen and oxygen atoms in total. The number of aromatic amines is 1. The summed E-state index contributed by atoms with van der Waals surface area (Å²) >= 11 is 0. The maximum atomic E-state index is 12.3. The van der Waals surface area contributed by atoms with Gasteiger partial charge in [-0.1, -0.05) is 24.3 Å². The molecule has 0 unspecified atom stereocenters. The fourth-order valence-corrected chi connectivity index (χ4v) is 2.95. The summed E-state index contributed by atoms with van der Waals surface area (Å²) in [6.45, 7) is 6.08. The van der Waals surface area contributed by atoms with E-state index in [1.807, 2.05) is 24.3 Å². The number of hydrogen-bond acceptors (Lipinski definition) is 6. The van der Waals surface area contributed by atoms with E-state index in [2.05, 4.69) is 39.5 Å². The summed E-state index contributed by atoms with van der Waals surface area (Å²) in [6.07, 6.45) is 1.56. The zero-order valence-corrected chi connectivity index (χ0v) is 16.7. The second-order valence-corrected chi connectivity index (χ2v) is 6.44. The number of carbonyl (C=O) groups excluding carboxylic acids is 1. The minimum atomic E-state index is -0.479. The maximum Gasteiger partial charge on any atom is 0.289 e. The smallest absolute Gasteiger partial charge is 0.289 e. The van der Waals surface area contributed by atoms with E-state index in [9.17, 15) is 14.9 Å². The normalized spacial score (nSPS) is 10.9. The van der Waals surface area contributed by atoms with E-state index in [0.717, 1.165) is 24.3 Å². The van der Waals surface area contributed by atoms with Crippen LogP contribution >= 0.6 is 0 Å². The van der Waals surface area contributed by atoms with Crippen molar-refractivity contribution in [1.82, 2.24) is 15.6 Å². The number of carbonyl (C=O) groups is 1. The summed E-state index contributed by atoms with van der Waals surface area (Å²) in [5, 5.41) is 21.6. The number of rotatable bonds is 8. The van der Waals surface area contributed by atoms with Crippen LogP contribution in [0.2, 0.25) is 0 Å². The standard InChI is InChI=1S/C21H22N6O3/c1-3-26(4-2)17-10-8-15(9-11-17)14-22-25-21(28)20-13-19(23-24-20)16-6-5-7-18(12-16)27(29)30/h5-14H,3-4H2,1-2H3,(H,23,24)(H,25,28). The van der Waals surface area contributed by atoms with Crippen molar-refractivity contribution in [2.24, 2.45) is 5.10 Å². The van der Waals surface area contributed by atoms with Crippen molar-refractivity contribution in [2.75, 3.05) is 18.0 Å². The molecule has 2 N–H and O–H groups in total. The van der Waals surface area contributed by atoms with Crippen LogP contribution in [0.3, 0.4) is 0 Å². The number of nitrogens with zero attached hydrogens (tertiary/aromatic N) is 4. The van der Waals surface area contributed by atoms with Gasteiger partial charge in [-0.2, -0.15) is 10.2 Å². The number of hydrogen-bond donors (Lipinski definition) is 2. The van der Waals surface area contributed by atoms with E-state index in [1.54, 1.807) is 18.3 Å². The number of nitro groups is 1. The van der Waals surface area contributed by atoms with Crippen molar-refractivity contribution < 1.29 is 9.72 Å². The van der Waals surface area contributed by atoms with Crippen LogP contribution in [0.25, 0.3) is 11.3 Å². The molecule has 0 fully saturated rings. The topological polar surface area (TPSA) is 117 Å².